The van der Waals surface area contributed by atoms with Gasteiger partial charge in [-0.1, -0.05) is 0 Å². The number of benzene rings is 1. The Bertz CT molecular complexity index is 1120. The Balaban J connectivity index is 1.51. The molecule has 1 aromatic carbocycles. The highest BCUT2D eigenvalue weighted by atomic mass is 16.5. The molecule has 2 aliphatic heterocycles. The lowest BCUT2D eigenvalue weighted by molar-refractivity contribution is 0.455. The van der Waals surface area contributed by atoms with Gasteiger partial charge in [0.05, 0.1) is 17.3 Å². The first-order valence-corrected chi connectivity index (χ1v) is 10.8. The van der Waals surface area contributed by atoms with Gasteiger partial charge in [-0.3, -0.25) is 0 Å². The second-order valence-electron chi connectivity index (χ2n) is 8.03. The van der Waals surface area contributed by atoms with Crippen LogP contribution in [0.3, 0.4) is 0 Å². The van der Waals surface area contributed by atoms with E-state index in [1.807, 2.05) is 29.9 Å². The van der Waals surface area contributed by atoms with Gasteiger partial charge in [0.1, 0.15) is 17.3 Å². The molecule has 31 heavy (non-hydrogen) atoms. The van der Waals surface area contributed by atoms with E-state index in [4.69, 9.17) is 9.84 Å². The van der Waals surface area contributed by atoms with E-state index in [1.54, 1.807) is 12.1 Å². The van der Waals surface area contributed by atoms with Crippen LogP contribution in [0.4, 0.5) is 5.82 Å². The molecule has 3 aromatic rings. The highest BCUT2D eigenvalue weighted by Gasteiger charge is 2.18. The number of hydrogen-bond acceptors (Lipinski definition) is 7. The number of nitriles is 1. The summed E-state index contributed by atoms with van der Waals surface area (Å²) in [6, 6.07) is 9.48. The van der Waals surface area contributed by atoms with Gasteiger partial charge in [-0.15, -0.1) is 0 Å². The van der Waals surface area contributed by atoms with Crippen molar-refractivity contribution >= 4 is 5.82 Å². The second kappa shape index (κ2) is 8.36. The van der Waals surface area contributed by atoms with Gasteiger partial charge >= 0.3 is 0 Å². The highest BCUT2D eigenvalue weighted by molar-refractivity contribution is 5.53. The minimum Gasteiger partial charge on any atom is -0.437 e. The third-order valence-electron chi connectivity index (χ3n) is 5.76. The smallest absolute Gasteiger partial charge is 0.224 e. The molecule has 2 aromatic heterocycles. The lowest BCUT2D eigenvalue weighted by atomic mass is 10.1. The molecule has 0 atom stereocenters. The fraction of sp³-hybridized carbons (Fsp3) is 0.391. The van der Waals surface area contributed by atoms with Crippen molar-refractivity contribution in [3.63, 3.8) is 0 Å². The molecule has 4 heterocycles. The molecule has 0 unspecified atom stereocenters. The van der Waals surface area contributed by atoms with Gasteiger partial charge in [-0.25, -0.2) is 9.67 Å². The largest absolute Gasteiger partial charge is 0.437 e. The van der Waals surface area contributed by atoms with Crippen molar-refractivity contribution in [3.05, 3.63) is 53.1 Å². The van der Waals surface area contributed by atoms with Crippen LogP contribution in [0.5, 0.6) is 11.6 Å². The van der Waals surface area contributed by atoms with Crippen molar-refractivity contribution in [1.82, 2.24) is 25.1 Å². The van der Waals surface area contributed by atoms with Crippen LogP contribution < -0.4 is 15.0 Å². The summed E-state index contributed by atoms with van der Waals surface area (Å²) in [7, 11) is 0. The Morgan fingerprint density at radius 2 is 2.00 bits per heavy atom. The van der Waals surface area contributed by atoms with Gasteiger partial charge in [0.25, 0.3) is 0 Å². The van der Waals surface area contributed by atoms with Crippen molar-refractivity contribution in [2.75, 3.05) is 24.5 Å². The van der Waals surface area contributed by atoms with Crippen LogP contribution >= 0.6 is 0 Å². The van der Waals surface area contributed by atoms with Crippen molar-refractivity contribution in [3.8, 4) is 23.4 Å². The Labute approximate surface area is 181 Å². The number of piperidine rings is 1. The van der Waals surface area contributed by atoms with Gasteiger partial charge in [-0.2, -0.15) is 15.3 Å². The van der Waals surface area contributed by atoms with Crippen LogP contribution in [0, 0.1) is 18.3 Å². The molecule has 158 valence electrons. The summed E-state index contributed by atoms with van der Waals surface area (Å²) in [6.45, 7) is 5.61. The van der Waals surface area contributed by atoms with Crippen molar-refractivity contribution in [2.45, 2.75) is 39.2 Å². The molecule has 0 spiro atoms. The molecule has 0 amide bonds. The van der Waals surface area contributed by atoms with Gasteiger partial charge < -0.3 is 15.0 Å². The van der Waals surface area contributed by atoms with E-state index in [0.717, 1.165) is 49.8 Å². The van der Waals surface area contributed by atoms with E-state index in [0.29, 0.717) is 23.0 Å². The molecule has 1 fully saturated rings. The van der Waals surface area contributed by atoms with Crippen molar-refractivity contribution in [1.29, 1.82) is 5.26 Å². The first-order chi connectivity index (χ1) is 15.2. The third-order valence-corrected chi connectivity index (χ3v) is 5.76. The quantitative estimate of drug-likeness (QED) is 0.699. The summed E-state index contributed by atoms with van der Waals surface area (Å²) in [5.41, 5.74) is 3.59. The van der Waals surface area contributed by atoms with E-state index in [-0.39, 0.29) is 0 Å². The van der Waals surface area contributed by atoms with Crippen LogP contribution in [0.25, 0.3) is 5.69 Å². The molecule has 0 aliphatic carbocycles. The van der Waals surface area contributed by atoms with E-state index in [1.165, 1.54) is 24.8 Å². The minimum atomic E-state index is 0.475. The SMILES string of the molecule is Cc1nc(Oc2cc(C#N)ccc2-n2cc3c(n2)CCNC3)cc(N2CCCCC2)n1. The first kappa shape index (κ1) is 19.5. The van der Waals surface area contributed by atoms with E-state index < -0.39 is 0 Å². The van der Waals surface area contributed by atoms with Crippen LogP contribution in [0.1, 0.15) is 41.9 Å². The fourth-order valence-electron chi connectivity index (χ4n) is 4.19. The number of ether oxygens (including phenoxy) is 1. The van der Waals surface area contributed by atoms with Crippen LogP contribution in [0.15, 0.2) is 30.5 Å². The molecule has 0 bridgehead atoms. The van der Waals surface area contributed by atoms with Crippen molar-refractivity contribution < 1.29 is 4.74 Å². The zero-order valence-electron chi connectivity index (χ0n) is 17.6. The summed E-state index contributed by atoms with van der Waals surface area (Å²) < 4.78 is 8.09. The Morgan fingerprint density at radius 1 is 1.13 bits per heavy atom. The Hall–Kier alpha value is -3.44. The maximum absolute atomic E-state index is 9.41. The summed E-state index contributed by atoms with van der Waals surface area (Å²) in [5.74, 6) is 2.58. The Morgan fingerprint density at radius 3 is 2.81 bits per heavy atom. The Kier molecular flexibility index (Phi) is 5.26. The van der Waals surface area contributed by atoms with Gasteiger partial charge in [0, 0.05) is 56.5 Å². The predicted octanol–water partition coefficient (Wildman–Crippen LogP) is 3.27. The maximum atomic E-state index is 9.41. The minimum absolute atomic E-state index is 0.475. The van der Waals surface area contributed by atoms with E-state index >= 15 is 0 Å². The van der Waals surface area contributed by atoms with Gasteiger partial charge in [-0.05, 0) is 38.3 Å². The molecule has 5 rings (SSSR count). The standard InChI is InChI=1S/C23H25N7O/c1-16-26-22(29-9-3-2-4-10-29)12-23(27-16)31-21-11-17(13-24)5-6-20(21)30-15-18-14-25-8-7-19(18)28-30/h5-6,11-12,15,25H,2-4,7-10,14H2,1H3. The normalized spacial score (nSPS) is 15.9. The summed E-state index contributed by atoms with van der Waals surface area (Å²) in [6.07, 6.45) is 6.54. The van der Waals surface area contributed by atoms with Crippen LogP contribution in [0.2, 0.25) is 0 Å². The third kappa shape index (κ3) is 4.09. The highest BCUT2D eigenvalue weighted by Crippen LogP contribution is 2.31. The number of aryl methyl sites for hydroxylation is 1. The lowest BCUT2D eigenvalue weighted by Gasteiger charge is -2.28. The van der Waals surface area contributed by atoms with Gasteiger partial charge in [0.2, 0.25) is 5.88 Å². The molecule has 1 N–H and O–H groups in total. The zero-order valence-corrected chi connectivity index (χ0v) is 17.6. The number of nitrogens with one attached hydrogen (secondary N) is 1. The van der Waals surface area contributed by atoms with Crippen LogP contribution in [-0.2, 0) is 13.0 Å². The molecular weight excluding hydrogens is 390 g/mol. The lowest BCUT2D eigenvalue weighted by Crippen LogP contribution is -2.30. The number of nitrogens with zero attached hydrogens (tertiary/aromatic N) is 6. The fourth-order valence-corrected chi connectivity index (χ4v) is 4.19. The topological polar surface area (TPSA) is 91.9 Å². The monoisotopic (exact) mass is 415 g/mol. The average molecular weight is 416 g/mol. The predicted molar refractivity (Wildman–Crippen MR) is 117 cm³/mol. The summed E-state index contributed by atoms with van der Waals surface area (Å²) in [5, 5.41) is 17.5. The number of aromatic nitrogens is 4. The molecular formula is C23H25N7O. The van der Waals surface area contributed by atoms with Crippen molar-refractivity contribution in [2.24, 2.45) is 0 Å². The van der Waals surface area contributed by atoms with Crippen LogP contribution in [-0.4, -0.2) is 39.4 Å². The zero-order chi connectivity index (χ0) is 21.2. The van der Waals surface area contributed by atoms with Gasteiger partial charge in [0.15, 0.2) is 5.75 Å². The first-order valence-electron chi connectivity index (χ1n) is 10.8. The summed E-state index contributed by atoms with van der Waals surface area (Å²) in [4.78, 5) is 11.4. The number of anilines is 1. The summed E-state index contributed by atoms with van der Waals surface area (Å²) >= 11 is 0. The number of hydrogen-bond donors (Lipinski definition) is 1. The molecule has 0 saturated carbocycles. The molecule has 2 aliphatic rings. The molecule has 8 nitrogen and oxygen atoms in total. The molecule has 0 radical (unpaired) electrons. The maximum Gasteiger partial charge on any atom is 0.224 e. The second-order valence-corrected chi connectivity index (χ2v) is 8.03. The van der Waals surface area contributed by atoms with E-state index in [2.05, 4.69) is 26.3 Å². The average Bonchev–Trinajstić information content (AvgIpc) is 3.23. The molecule has 1 saturated heterocycles. The molecule has 8 heteroatoms. The van der Waals surface area contributed by atoms with E-state index in [9.17, 15) is 5.26 Å². The number of fused-ring (bicyclic) bond motifs is 1. The number of rotatable bonds is 4.